The number of benzene rings is 1. The van der Waals surface area contributed by atoms with Crippen molar-refractivity contribution in [3.05, 3.63) is 34.4 Å². The summed E-state index contributed by atoms with van der Waals surface area (Å²) in [6.07, 6.45) is 3.29. The Balaban J connectivity index is 2.54. The molecule has 1 N–H and O–H groups in total. The average molecular weight is 298 g/mol. The molecular formula is C15H23O4P. The van der Waals surface area contributed by atoms with Crippen molar-refractivity contribution in [2.75, 3.05) is 0 Å². The van der Waals surface area contributed by atoms with E-state index in [9.17, 15) is 9.46 Å². The zero-order valence-electron chi connectivity index (χ0n) is 12.6. The van der Waals surface area contributed by atoms with Crippen LogP contribution in [0.1, 0.15) is 56.4 Å². The highest BCUT2D eigenvalue weighted by molar-refractivity contribution is 7.48. The molecule has 1 aliphatic heterocycles. The predicted octanol–water partition coefficient (Wildman–Crippen LogP) is 4.08. The van der Waals surface area contributed by atoms with Gasteiger partial charge in [-0.1, -0.05) is 39.8 Å². The van der Waals surface area contributed by atoms with Crippen LogP contribution in [0.25, 0.3) is 0 Å². The average Bonchev–Trinajstić information content (AvgIpc) is 2.42. The van der Waals surface area contributed by atoms with Crippen molar-refractivity contribution in [1.29, 1.82) is 0 Å². The molecule has 1 heterocycles. The third-order valence-corrected chi connectivity index (χ3v) is 5.07. The highest BCUT2D eigenvalue weighted by Gasteiger charge is 2.56. The van der Waals surface area contributed by atoms with Gasteiger partial charge >= 0.3 is 7.82 Å². The maximum absolute atomic E-state index is 11.4. The van der Waals surface area contributed by atoms with Crippen molar-refractivity contribution < 1.29 is 18.5 Å². The lowest BCUT2D eigenvalue weighted by Gasteiger charge is -2.44. The van der Waals surface area contributed by atoms with Gasteiger partial charge in [0.05, 0.1) is 0 Å². The second-order valence-corrected chi connectivity index (χ2v) is 6.35. The van der Waals surface area contributed by atoms with E-state index in [1.807, 2.05) is 13.0 Å². The van der Waals surface area contributed by atoms with Gasteiger partial charge < -0.3 is 4.89 Å². The van der Waals surface area contributed by atoms with Gasteiger partial charge in [-0.05, 0) is 36.0 Å². The number of hydrogen-bond acceptors (Lipinski definition) is 3. The molecule has 0 atom stereocenters. The molecule has 0 unspecified atom stereocenters. The molecule has 20 heavy (non-hydrogen) atoms. The minimum Gasteiger partial charge on any atom is -0.302 e. The molecule has 0 aliphatic carbocycles. The van der Waals surface area contributed by atoms with Gasteiger partial charge in [-0.3, -0.25) is 0 Å². The monoisotopic (exact) mass is 298 g/mol. The molecule has 5 heteroatoms. The van der Waals surface area contributed by atoms with Crippen LogP contribution in [0.4, 0.5) is 0 Å². The van der Waals surface area contributed by atoms with Crippen LogP contribution in [-0.2, 0) is 38.7 Å². The second kappa shape index (κ2) is 5.61. The molecule has 1 saturated heterocycles. The van der Waals surface area contributed by atoms with Gasteiger partial charge in [0.1, 0.15) is 0 Å². The van der Waals surface area contributed by atoms with Gasteiger partial charge in [0, 0.05) is 12.0 Å². The van der Waals surface area contributed by atoms with E-state index in [4.69, 9.17) is 9.05 Å². The summed E-state index contributed by atoms with van der Waals surface area (Å²) < 4.78 is 21.9. The molecule has 0 bridgehead atoms. The van der Waals surface area contributed by atoms with Gasteiger partial charge in [-0.2, -0.15) is 0 Å². The van der Waals surface area contributed by atoms with Crippen LogP contribution < -0.4 is 0 Å². The third kappa shape index (κ3) is 2.46. The summed E-state index contributed by atoms with van der Waals surface area (Å²) >= 11 is 0. The summed E-state index contributed by atoms with van der Waals surface area (Å²) in [6.45, 7) is 8.27. The highest BCUT2D eigenvalue weighted by Crippen LogP contribution is 2.66. The lowest BCUT2D eigenvalue weighted by molar-refractivity contribution is -0.227. The van der Waals surface area contributed by atoms with Crippen molar-refractivity contribution in [2.24, 2.45) is 0 Å². The predicted molar refractivity (Wildman–Crippen MR) is 78.5 cm³/mol. The summed E-state index contributed by atoms with van der Waals surface area (Å²) in [6, 6.07) is 4.07. The zero-order valence-corrected chi connectivity index (χ0v) is 13.5. The highest BCUT2D eigenvalue weighted by atomic mass is 31.2. The first-order chi connectivity index (χ1) is 9.43. The van der Waals surface area contributed by atoms with Crippen LogP contribution in [0, 0.1) is 0 Å². The molecule has 1 aliphatic rings. The maximum atomic E-state index is 11.4. The largest absolute Gasteiger partial charge is 0.477 e. The van der Waals surface area contributed by atoms with Crippen LogP contribution in [0.3, 0.4) is 0 Å². The van der Waals surface area contributed by atoms with Crippen molar-refractivity contribution in [3.63, 3.8) is 0 Å². The van der Waals surface area contributed by atoms with Gasteiger partial charge in [0.2, 0.25) is 5.79 Å². The molecule has 0 radical (unpaired) electrons. The van der Waals surface area contributed by atoms with Gasteiger partial charge in [0.15, 0.2) is 0 Å². The molecule has 1 aromatic rings. The van der Waals surface area contributed by atoms with E-state index in [0.29, 0.717) is 6.42 Å². The summed E-state index contributed by atoms with van der Waals surface area (Å²) in [5, 5.41) is 0. The van der Waals surface area contributed by atoms with Crippen LogP contribution in [0.15, 0.2) is 12.1 Å². The van der Waals surface area contributed by atoms with E-state index in [1.54, 1.807) is 0 Å². The zero-order chi connectivity index (χ0) is 15.0. The molecular weight excluding hydrogens is 275 g/mol. The SMILES string of the molecule is CCc1ccc(C2(CC)OP(=O)(O)O2)c(CC)c1CC. The molecule has 4 nitrogen and oxygen atoms in total. The van der Waals surface area contributed by atoms with Crippen molar-refractivity contribution in [3.8, 4) is 0 Å². The summed E-state index contributed by atoms with van der Waals surface area (Å²) in [7, 11) is -3.84. The van der Waals surface area contributed by atoms with Crippen molar-refractivity contribution in [1.82, 2.24) is 0 Å². The minimum absolute atomic E-state index is 0.513. The Morgan fingerprint density at radius 1 is 1.05 bits per heavy atom. The fraction of sp³-hybridized carbons (Fsp3) is 0.600. The Kier molecular flexibility index (Phi) is 4.41. The molecule has 0 aromatic heterocycles. The first-order valence-electron chi connectivity index (χ1n) is 7.31. The van der Waals surface area contributed by atoms with E-state index in [1.165, 1.54) is 16.7 Å². The molecule has 1 fully saturated rings. The number of phosphoric ester groups is 1. The molecule has 112 valence electrons. The van der Waals surface area contributed by atoms with Crippen molar-refractivity contribution in [2.45, 2.75) is 59.2 Å². The first kappa shape index (κ1) is 15.7. The normalized spacial score (nSPS) is 29.2. The van der Waals surface area contributed by atoms with Crippen LogP contribution in [0.2, 0.25) is 0 Å². The third-order valence-electron chi connectivity index (χ3n) is 4.02. The lowest BCUT2D eigenvalue weighted by Crippen LogP contribution is -2.40. The fourth-order valence-corrected chi connectivity index (χ4v) is 4.29. The number of rotatable bonds is 5. The Hall–Kier alpha value is -0.670. The Morgan fingerprint density at radius 3 is 2.05 bits per heavy atom. The van der Waals surface area contributed by atoms with E-state index >= 15 is 0 Å². The summed E-state index contributed by atoms with van der Waals surface area (Å²) in [5.41, 5.74) is 4.73. The Morgan fingerprint density at radius 2 is 1.65 bits per heavy atom. The molecule has 2 rings (SSSR count). The maximum Gasteiger partial charge on any atom is 0.477 e. The number of aryl methyl sites for hydroxylation is 1. The van der Waals surface area contributed by atoms with E-state index < -0.39 is 13.6 Å². The van der Waals surface area contributed by atoms with E-state index in [0.717, 1.165) is 24.8 Å². The van der Waals surface area contributed by atoms with Crippen molar-refractivity contribution >= 4 is 7.82 Å². The topological polar surface area (TPSA) is 55.8 Å². The summed E-state index contributed by atoms with van der Waals surface area (Å²) in [5.74, 6) is -1.05. The lowest BCUT2D eigenvalue weighted by atomic mass is 9.87. The molecule has 0 spiro atoms. The van der Waals surface area contributed by atoms with Crippen LogP contribution in [-0.4, -0.2) is 4.89 Å². The standard InChI is InChI=1S/C15H23O4P/c1-5-11-9-10-14(13(7-3)12(11)6-2)15(8-4)18-20(16,17)19-15/h9-10H,5-8H2,1-4H3,(H,16,17). The smallest absolute Gasteiger partial charge is 0.302 e. The van der Waals surface area contributed by atoms with Crippen LogP contribution >= 0.6 is 7.82 Å². The minimum atomic E-state index is -3.84. The quantitative estimate of drug-likeness (QED) is 0.832. The van der Waals surface area contributed by atoms with Gasteiger partial charge in [0.25, 0.3) is 0 Å². The van der Waals surface area contributed by atoms with Gasteiger partial charge in [-0.25, -0.2) is 13.6 Å². The molecule has 0 amide bonds. The fourth-order valence-electron chi connectivity index (χ4n) is 3.07. The Bertz CT molecular complexity index is 543. The number of hydrogen-bond donors (Lipinski definition) is 1. The van der Waals surface area contributed by atoms with Crippen LogP contribution in [0.5, 0.6) is 0 Å². The Labute approximate surface area is 120 Å². The van der Waals surface area contributed by atoms with E-state index in [2.05, 4.69) is 26.8 Å². The number of phosphoric acid groups is 1. The second-order valence-electron chi connectivity index (χ2n) is 5.05. The molecule has 1 aromatic carbocycles. The van der Waals surface area contributed by atoms with E-state index in [-0.39, 0.29) is 0 Å². The first-order valence-corrected chi connectivity index (χ1v) is 8.80. The summed E-state index contributed by atoms with van der Waals surface area (Å²) in [4.78, 5) is 9.34. The van der Waals surface area contributed by atoms with Gasteiger partial charge in [-0.15, -0.1) is 0 Å². The molecule has 0 saturated carbocycles.